The summed E-state index contributed by atoms with van der Waals surface area (Å²) in [6.07, 6.45) is 0. The second-order valence-corrected chi connectivity index (χ2v) is 7.72. The highest BCUT2D eigenvalue weighted by Gasteiger charge is 2.30. The van der Waals surface area contributed by atoms with Gasteiger partial charge in [0, 0.05) is 0 Å². The SMILES string of the molecule is Cc1ccc2nc3n(c2c1)/C(=N\C(C)(C)C)C(c1ccccc1)NC3. The topological polar surface area (TPSA) is 42.2 Å². The van der Waals surface area contributed by atoms with Gasteiger partial charge in [0.05, 0.1) is 29.2 Å². The normalized spacial score (nSPS) is 19.4. The van der Waals surface area contributed by atoms with E-state index in [9.17, 15) is 0 Å². The Morgan fingerprint density at radius 2 is 1.88 bits per heavy atom. The van der Waals surface area contributed by atoms with E-state index in [1.807, 2.05) is 6.07 Å². The fraction of sp³-hybridized carbons (Fsp3) is 0.333. The van der Waals surface area contributed by atoms with Crippen molar-refractivity contribution in [1.82, 2.24) is 14.9 Å². The summed E-state index contributed by atoms with van der Waals surface area (Å²) in [5.74, 6) is 2.05. The second kappa shape index (κ2) is 5.81. The minimum absolute atomic E-state index is 0.0610. The number of imidazole rings is 1. The Balaban J connectivity index is 1.97. The molecule has 1 aromatic heterocycles. The first-order chi connectivity index (χ1) is 11.9. The standard InChI is InChI=1S/C21H24N4/c1-14-10-11-16-17(12-14)25-18(23-16)13-22-19(15-8-6-5-7-9-15)20(25)24-21(2,3)4/h5-12,19,22H,13H2,1-4H3/b24-20-. The third-order valence-electron chi connectivity index (χ3n) is 4.41. The Morgan fingerprint density at radius 3 is 2.60 bits per heavy atom. The monoisotopic (exact) mass is 332 g/mol. The van der Waals surface area contributed by atoms with Crippen molar-refractivity contribution < 1.29 is 0 Å². The molecule has 3 aromatic rings. The molecule has 4 nitrogen and oxygen atoms in total. The number of aliphatic imine (C=N–C) groups is 1. The molecule has 0 spiro atoms. The third-order valence-corrected chi connectivity index (χ3v) is 4.41. The van der Waals surface area contributed by atoms with Crippen molar-refractivity contribution in [2.24, 2.45) is 4.99 Å². The van der Waals surface area contributed by atoms with E-state index < -0.39 is 0 Å². The summed E-state index contributed by atoms with van der Waals surface area (Å²) >= 11 is 0. The van der Waals surface area contributed by atoms with E-state index in [4.69, 9.17) is 9.98 Å². The molecular formula is C21H24N4. The van der Waals surface area contributed by atoms with Gasteiger partial charge in [-0.2, -0.15) is 0 Å². The van der Waals surface area contributed by atoms with Crippen LogP contribution in [0.3, 0.4) is 0 Å². The highest BCUT2D eigenvalue weighted by Crippen LogP contribution is 2.28. The van der Waals surface area contributed by atoms with Gasteiger partial charge in [0.25, 0.3) is 0 Å². The van der Waals surface area contributed by atoms with Crippen LogP contribution in [0.25, 0.3) is 11.0 Å². The zero-order chi connectivity index (χ0) is 17.6. The molecule has 1 aliphatic heterocycles. The summed E-state index contributed by atoms with van der Waals surface area (Å²) < 4.78 is 2.25. The van der Waals surface area contributed by atoms with Crippen LogP contribution in [0.5, 0.6) is 0 Å². The highest BCUT2D eigenvalue weighted by molar-refractivity contribution is 5.99. The smallest absolute Gasteiger partial charge is 0.132 e. The van der Waals surface area contributed by atoms with Gasteiger partial charge in [-0.05, 0) is 51.0 Å². The minimum atomic E-state index is -0.168. The van der Waals surface area contributed by atoms with Gasteiger partial charge in [0.1, 0.15) is 11.7 Å². The molecule has 128 valence electrons. The van der Waals surface area contributed by atoms with Gasteiger partial charge < -0.3 is 0 Å². The molecule has 0 bridgehead atoms. The third kappa shape index (κ3) is 2.98. The molecule has 4 heteroatoms. The van der Waals surface area contributed by atoms with E-state index in [0.29, 0.717) is 0 Å². The Hall–Kier alpha value is -2.46. The zero-order valence-electron chi connectivity index (χ0n) is 15.2. The van der Waals surface area contributed by atoms with Crippen LogP contribution in [0.2, 0.25) is 0 Å². The molecule has 0 aliphatic carbocycles. The molecule has 1 N–H and O–H groups in total. The summed E-state index contributed by atoms with van der Waals surface area (Å²) in [6, 6.07) is 17.0. The molecule has 0 saturated heterocycles. The Kier molecular flexibility index (Phi) is 3.73. The Morgan fingerprint density at radius 1 is 1.12 bits per heavy atom. The molecule has 0 fully saturated rings. The molecule has 25 heavy (non-hydrogen) atoms. The van der Waals surface area contributed by atoms with Crippen LogP contribution in [0.1, 0.15) is 43.8 Å². The average Bonchev–Trinajstić information content (AvgIpc) is 2.93. The van der Waals surface area contributed by atoms with Crippen LogP contribution in [0, 0.1) is 6.92 Å². The van der Waals surface area contributed by atoms with E-state index in [-0.39, 0.29) is 11.6 Å². The Labute approximate surface area is 148 Å². The van der Waals surface area contributed by atoms with Gasteiger partial charge in [-0.15, -0.1) is 0 Å². The van der Waals surface area contributed by atoms with E-state index in [0.717, 1.165) is 29.2 Å². The first-order valence-electron chi connectivity index (χ1n) is 8.79. The summed E-state index contributed by atoms with van der Waals surface area (Å²) in [6.45, 7) is 9.27. The lowest BCUT2D eigenvalue weighted by molar-refractivity contribution is 0.536. The minimum Gasteiger partial charge on any atom is -0.297 e. The van der Waals surface area contributed by atoms with Crippen molar-refractivity contribution in [1.29, 1.82) is 0 Å². The van der Waals surface area contributed by atoms with Gasteiger partial charge >= 0.3 is 0 Å². The first-order valence-corrected chi connectivity index (χ1v) is 8.79. The number of aromatic nitrogens is 2. The maximum Gasteiger partial charge on any atom is 0.132 e. The molecule has 0 radical (unpaired) electrons. The largest absolute Gasteiger partial charge is 0.297 e. The summed E-state index contributed by atoms with van der Waals surface area (Å²) in [5, 5.41) is 3.63. The lowest BCUT2D eigenvalue weighted by Crippen LogP contribution is -2.40. The number of benzene rings is 2. The lowest BCUT2D eigenvalue weighted by atomic mass is 10.0. The van der Waals surface area contributed by atoms with Gasteiger partial charge in [-0.25, -0.2) is 4.98 Å². The maximum atomic E-state index is 5.10. The van der Waals surface area contributed by atoms with E-state index in [1.54, 1.807) is 0 Å². The summed E-state index contributed by atoms with van der Waals surface area (Å²) in [5.41, 5.74) is 4.46. The van der Waals surface area contributed by atoms with Crippen molar-refractivity contribution in [3.8, 4) is 0 Å². The zero-order valence-corrected chi connectivity index (χ0v) is 15.2. The van der Waals surface area contributed by atoms with Gasteiger partial charge in [0.2, 0.25) is 0 Å². The molecular weight excluding hydrogens is 308 g/mol. The van der Waals surface area contributed by atoms with Crippen molar-refractivity contribution >= 4 is 16.9 Å². The molecule has 1 aliphatic rings. The maximum absolute atomic E-state index is 5.10. The predicted molar refractivity (Wildman–Crippen MR) is 103 cm³/mol. The fourth-order valence-corrected chi connectivity index (χ4v) is 3.39. The summed E-state index contributed by atoms with van der Waals surface area (Å²) in [7, 11) is 0. The summed E-state index contributed by atoms with van der Waals surface area (Å²) in [4.78, 5) is 9.92. The number of hydrogen-bond acceptors (Lipinski definition) is 3. The second-order valence-electron chi connectivity index (χ2n) is 7.72. The van der Waals surface area contributed by atoms with E-state index in [2.05, 4.69) is 80.0 Å². The van der Waals surface area contributed by atoms with Crippen LogP contribution in [0.15, 0.2) is 53.5 Å². The quantitative estimate of drug-likeness (QED) is 0.724. The average molecular weight is 332 g/mol. The van der Waals surface area contributed by atoms with Crippen LogP contribution in [-0.2, 0) is 6.54 Å². The Bertz CT molecular complexity index is 945. The van der Waals surface area contributed by atoms with Crippen LogP contribution in [0.4, 0.5) is 0 Å². The van der Waals surface area contributed by atoms with Crippen molar-refractivity contribution in [2.45, 2.75) is 45.8 Å². The van der Waals surface area contributed by atoms with Crippen molar-refractivity contribution in [3.63, 3.8) is 0 Å². The van der Waals surface area contributed by atoms with Crippen LogP contribution in [-0.4, -0.2) is 20.9 Å². The van der Waals surface area contributed by atoms with Crippen LogP contribution >= 0.6 is 0 Å². The van der Waals surface area contributed by atoms with Gasteiger partial charge in [0.15, 0.2) is 0 Å². The number of aryl methyl sites for hydroxylation is 1. The predicted octanol–water partition coefficient (Wildman–Crippen LogP) is 4.23. The van der Waals surface area contributed by atoms with E-state index in [1.165, 1.54) is 11.1 Å². The van der Waals surface area contributed by atoms with E-state index >= 15 is 0 Å². The van der Waals surface area contributed by atoms with Gasteiger partial charge in [-0.3, -0.25) is 14.9 Å². The number of nitrogens with one attached hydrogen (secondary N) is 1. The van der Waals surface area contributed by atoms with Crippen molar-refractivity contribution in [2.75, 3.05) is 0 Å². The number of rotatable bonds is 1. The van der Waals surface area contributed by atoms with Crippen LogP contribution < -0.4 is 5.32 Å². The molecule has 1 unspecified atom stereocenters. The number of hydrogen-bond donors (Lipinski definition) is 1. The number of nitrogens with zero attached hydrogens (tertiary/aromatic N) is 3. The number of fused-ring (bicyclic) bond motifs is 3. The van der Waals surface area contributed by atoms with Gasteiger partial charge in [-0.1, -0.05) is 36.4 Å². The molecule has 0 amide bonds. The first kappa shape index (κ1) is 16.0. The molecule has 2 aromatic carbocycles. The molecule has 1 atom stereocenters. The fourth-order valence-electron chi connectivity index (χ4n) is 3.39. The molecule has 2 heterocycles. The highest BCUT2D eigenvalue weighted by atomic mass is 15.2. The molecule has 4 rings (SSSR count). The lowest BCUT2D eigenvalue weighted by Gasteiger charge is -2.30. The molecule has 0 saturated carbocycles. The van der Waals surface area contributed by atoms with Crippen molar-refractivity contribution in [3.05, 3.63) is 65.5 Å².